The van der Waals surface area contributed by atoms with Gasteiger partial charge in [0.1, 0.15) is 11.6 Å². The highest BCUT2D eigenvalue weighted by Gasteiger charge is 2.23. The molecule has 9 heteroatoms. The molecule has 1 aliphatic heterocycles. The fraction of sp³-hybridized carbons (Fsp3) is 0.318. The normalized spacial score (nSPS) is 14.9. The maximum Gasteiger partial charge on any atom is 0.323 e. The number of fused-ring (bicyclic) bond motifs is 1. The van der Waals surface area contributed by atoms with Gasteiger partial charge in [0, 0.05) is 42.5 Å². The molecule has 3 heterocycles. The zero-order valence-corrected chi connectivity index (χ0v) is 16.7. The van der Waals surface area contributed by atoms with Gasteiger partial charge in [0.15, 0.2) is 0 Å². The molecule has 4 rings (SSSR count). The van der Waals surface area contributed by atoms with Gasteiger partial charge in [0.05, 0.1) is 12.7 Å². The minimum Gasteiger partial charge on any atom is -0.324 e. The molecule has 1 fully saturated rings. The van der Waals surface area contributed by atoms with Crippen molar-refractivity contribution in [2.45, 2.75) is 25.3 Å². The molecule has 0 aliphatic carbocycles. The molecule has 3 aromatic rings. The standard InChI is InChI=1S/C22H22F3N5O/c23-18-8-17(10-26-12-18)14-1-2-15-11-28-21(9-16(15)7-14)29-22(31)30-5-3-19(4-6-30)27-13-20(24)25/h1-2,7-12,19-20,27H,3-6,13H2,(H,28,29,31). The van der Waals surface area contributed by atoms with E-state index in [0.717, 1.165) is 22.5 Å². The van der Waals surface area contributed by atoms with Gasteiger partial charge in [-0.05, 0) is 42.0 Å². The summed E-state index contributed by atoms with van der Waals surface area (Å²) in [6.45, 7) is 0.639. The molecule has 1 aromatic carbocycles. The number of hydrogen-bond donors (Lipinski definition) is 2. The second-order valence-corrected chi connectivity index (χ2v) is 7.51. The van der Waals surface area contributed by atoms with E-state index in [0.29, 0.717) is 37.3 Å². The first kappa shape index (κ1) is 21.0. The van der Waals surface area contributed by atoms with Crippen molar-refractivity contribution in [2.24, 2.45) is 0 Å². The number of carbonyl (C=O) groups is 1. The summed E-state index contributed by atoms with van der Waals surface area (Å²) in [6, 6.07) is 8.54. The Kier molecular flexibility index (Phi) is 6.31. The number of piperidine rings is 1. The predicted molar refractivity (Wildman–Crippen MR) is 113 cm³/mol. The first-order valence-corrected chi connectivity index (χ1v) is 10.1. The molecule has 0 atom stereocenters. The van der Waals surface area contributed by atoms with Crippen molar-refractivity contribution in [3.05, 3.63) is 54.7 Å². The van der Waals surface area contributed by atoms with Crippen LogP contribution in [0, 0.1) is 5.82 Å². The number of likely N-dealkylation sites (tertiary alicyclic amines) is 1. The van der Waals surface area contributed by atoms with Crippen LogP contribution in [0.1, 0.15) is 12.8 Å². The van der Waals surface area contributed by atoms with Gasteiger partial charge in [0.2, 0.25) is 0 Å². The first-order valence-electron chi connectivity index (χ1n) is 10.1. The summed E-state index contributed by atoms with van der Waals surface area (Å²) in [4.78, 5) is 22.4. The van der Waals surface area contributed by atoms with E-state index in [9.17, 15) is 18.0 Å². The van der Waals surface area contributed by atoms with Gasteiger partial charge in [-0.15, -0.1) is 0 Å². The van der Waals surface area contributed by atoms with Gasteiger partial charge in [-0.25, -0.2) is 22.9 Å². The van der Waals surface area contributed by atoms with Crippen LogP contribution in [-0.2, 0) is 0 Å². The zero-order valence-electron chi connectivity index (χ0n) is 16.7. The Labute approximate surface area is 177 Å². The molecular formula is C22H22F3N5O. The van der Waals surface area contributed by atoms with Crippen LogP contribution in [0.3, 0.4) is 0 Å². The summed E-state index contributed by atoms with van der Waals surface area (Å²) >= 11 is 0. The van der Waals surface area contributed by atoms with Gasteiger partial charge in [-0.1, -0.05) is 12.1 Å². The second-order valence-electron chi connectivity index (χ2n) is 7.51. The summed E-state index contributed by atoms with van der Waals surface area (Å²) in [7, 11) is 0. The van der Waals surface area contributed by atoms with E-state index in [1.807, 2.05) is 18.2 Å². The lowest BCUT2D eigenvalue weighted by Gasteiger charge is -2.32. The molecule has 31 heavy (non-hydrogen) atoms. The Morgan fingerprint density at radius 3 is 2.61 bits per heavy atom. The summed E-state index contributed by atoms with van der Waals surface area (Å²) in [5, 5.41) is 7.36. The number of urea groups is 1. The number of pyridine rings is 2. The van der Waals surface area contributed by atoms with E-state index >= 15 is 0 Å². The summed E-state index contributed by atoms with van der Waals surface area (Å²) in [5.41, 5.74) is 1.47. The minimum atomic E-state index is -2.38. The summed E-state index contributed by atoms with van der Waals surface area (Å²) in [5.74, 6) is -0.00146. The van der Waals surface area contributed by atoms with E-state index < -0.39 is 12.2 Å². The lowest BCUT2D eigenvalue weighted by atomic mass is 10.0. The molecular weight excluding hydrogens is 407 g/mol. The zero-order chi connectivity index (χ0) is 21.8. The number of hydrogen-bond acceptors (Lipinski definition) is 4. The van der Waals surface area contributed by atoms with E-state index in [-0.39, 0.29) is 18.6 Å². The largest absolute Gasteiger partial charge is 0.324 e. The Hall–Kier alpha value is -3.20. The number of amides is 2. The van der Waals surface area contributed by atoms with Crippen molar-refractivity contribution in [3.63, 3.8) is 0 Å². The lowest BCUT2D eigenvalue weighted by Crippen LogP contribution is -2.47. The molecule has 0 saturated carbocycles. The van der Waals surface area contributed by atoms with Gasteiger partial charge < -0.3 is 10.2 Å². The topological polar surface area (TPSA) is 70.2 Å². The Balaban J connectivity index is 1.42. The Morgan fingerprint density at radius 1 is 1.06 bits per heavy atom. The quantitative estimate of drug-likeness (QED) is 0.635. The average molecular weight is 429 g/mol. The van der Waals surface area contributed by atoms with Crippen molar-refractivity contribution in [1.29, 1.82) is 0 Å². The van der Waals surface area contributed by atoms with E-state index in [4.69, 9.17) is 0 Å². The molecule has 0 unspecified atom stereocenters. The van der Waals surface area contributed by atoms with E-state index in [2.05, 4.69) is 20.6 Å². The van der Waals surface area contributed by atoms with Crippen LogP contribution < -0.4 is 10.6 Å². The number of anilines is 1. The van der Waals surface area contributed by atoms with Crippen molar-refractivity contribution in [1.82, 2.24) is 20.2 Å². The third-order valence-corrected chi connectivity index (χ3v) is 5.34. The molecule has 0 spiro atoms. The van der Waals surface area contributed by atoms with Crippen LogP contribution in [0.4, 0.5) is 23.8 Å². The van der Waals surface area contributed by atoms with Crippen molar-refractivity contribution >= 4 is 22.6 Å². The number of nitrogens with zero attached hydrogens (tertiary/aromatic N) is 3. The van der Waals surface area contributed by atoms with Gasteiger partial charge in [-0.2, -0.15) is 0 Å². The number of halogens is 3. The average Bonchev–Trinajstić information content (AvgIpc) is 2.77. The minimum absolute atomic E-state index is 0.00687. The monoisotopic (exact) mass is 429 g/mol. The summed E-state index contributed by atoms with van der Waals surface area (Å²) in [6.07, 6.45) is 3.28. The van der Waals surface area contributed by atoms with Gasteiger partial charge in [0.25, 0.3) is 6.43 Å². The first-order chi connectivity index (χ1) is 15.0. The molecule has 1 saturated heterocycles. The summed E-state index contributed by atoms with van der Waals surface area (Å²) < 4.78 is 38.1. The highest BCUT2D eigenvalue weighted by Crippen LogP contribution is 2.25. The molecule has 2 aromatic heterocycles. The van der Waals surface area contributed by atoms with Crippen molar-refractivity contribution in [2.75, 3.05) is 25.0 Å². The third kappa shape index (κ3) is 5.29. The lowest BCUT2D eigenvalue weighted by molar-refractivity contribution is 0.132. The maximum atomic E-state index is 13.5. The Morgan fingerprint density at radius 2 is 1.87 bits per heavy atom. The van der Waals surface area contributed by atoms with Crippen molar-refractivity contribution < 1.29 is 18.0 Å². The number of carbonyl (C=O) groups excluding carboxylic acids is 1. The van der Waals surface area contributed by atoms with Crippen LogP contribution >= 0.6 is 0 Å². The SMILES string of the molecule is O=C(Nc1cc2cc(-c3cncc(F)c3)ccc2cn1)N1CCC(NCC(F)F)CC1. The predicted octanol–water partition coefficient (Wildman–Crippen LogP) is 4.29. The number of nitrogens with one attached hydrogen (secondary N) is 2. The van der Waals surface area contributed by atoms with Crippen LogP contribution in [0.25, 0.3) is 21.9 Å². The number of alkyl halides is 2. The molecule has 2 amide bonds. The van der Waals surface area contributed by atoms with Crippen LogP contribution in [0.2, 0.25) is 0 Å². The van der Waals surface area contributed by atoms with Gasteiger partial charge in [-0.3, -0.25) is 10.3 Å². The second kappa shape index (κ2) is 9.30. The third-order valence-electron chi connectivity index (χ3n) is 5.34. The number of rotatable bonds is 5. The fourth-order valence-corrected chi connectivity index (χ4v) is 3.69. The highest BCUT2D eigenvalue weighted by atomic mass is 19.3. The van der Waals surface area contributed by atoms with E-state index in [1.165, 1.54) is 6.07 Å². The molecule has 0 radical (unpaired) electrons. The van der Waals surface area contributed by atoms with Gasteiger partial charge >= 0.3 is 6.03 Å². The number of benzene rings is 1. The maximum absolute atomic E-state index is 13.5. The van der Waals surface area contributed by atoms with Crippen LogP contribution in [0.15, 0.2) is 48.9 Å². The molecule has 1 aliphatic rings. The van der Waals surface area contributed by atoms with Crippen LogP contribution in [-0.4, -0.2) is 53.0 Å². The molecule has 162 valence electrons. The van der Waals surface area contributed by atoms with Crippen LogP contribution in [0.5, 0.6) is 0 Å². The molecule has 0 bridgehead atoms. The molecule has 2 N–H and O–H groups in total. The number of aromatic nitrogens is 2. The van der Waals surface area contributed by atoms with Crippen molar-refractivity contribution in [3.8, 4) is 11.1 Å². The molecule has 6 nitrogen and oxygen atoms in total. The smallest absolute Gasteiger partial charge is 0.323 e. The highest BCUT2D eigenvalue weighted by molar-refractivity contribution is 5.93. The Bertz CT molecular complexity index is 1070. The fourth-order valence-electron chi connectivity index (χ4n) is 3.69. The van der Waals surface area contributed by atoms with E-state index in [1.54, 1.807) is 23.4 Å².